The van der Waals surface area contributed by atoms with Crippen molar-refractivity contribution in [2.24, 2.45) is 0 Å². The molecule has 0 saturated carbocycles. The normalized spacial score (nSPS) is 10.8. The second kappa shape index (κ2) is 12.0. The summed E-state index contributed by atoms with van der Waals surface area (Å²) in [5.41, 5.74) is 8.43. The maximum Gasteiger partial charge on any atom is 0.0933 e. The first kappa shape index (κ1) is 24.9. The Bertz CT molecular complexity index is 1550. The summed E-state index contributed by atoms with van der Waals surface area (Å²) in [6, 6.07) is 39.5. The van der Waals surface area contributed by atoms with E-state index in [0.29, 0.717) is 0 Å². The molecule has 1 aromatic heterocycles. The summed E-state index contributed by atoms with van der Waals surface area (Å²) >= 11 is 0. The van der Waals surface area contributed by atoms with Crippen molar-refractivity contribution in [3.05, 3.63) is 138 Å². The van der Waals surface area contributed by atoms with Gasteiger partial charge in [0, 0.05) is 35.5 Å². The van der Waals surface area contributed by atoms with E-state index in [0.717, 1.165) is 52.4 Å². The number of para-hydroxylation sites is 1. The van der Waals surface area contributed by atoms with Gasteiger partial charge in [0.1, 0.15) is 0 Å². The van der Waals surface area contributed by atoms with E-state index in [9.17, 15) is 0 Å². The number of rotatable bonds is 7. The fourth-order valence-corrected chi connectivity index (χ4v) is 4.39. The van der Waals surface area contributed by atoms with E-state index < -0.39 is 0 Å². The Labute approximate surface area is 225 Å². The second-order valence-corrected chi connectivity index (χ2v) is 8.99. The van der Waals surface area contributed by atoms with Gasteiger partial charge in [-0.2, -0.15) is 5.10 Å². The molecule has 1 heterocycles. The van der Waals surface area contributed by atoms with Crippen LogP contribution < -0.4 is 4.90 Å². The summed E-state index contributed by atoms with van der Waals surface area (Å²) in [5, 5.41) is 4.97. The van der Waals surface area contributed by atoms with E-state index in [-0.39, 0.29) is 0 Å². The Kier molecular flexibility index (Phi) is 7.82. The lowest BCUT2D eigenvalue weighted by Crippen LogP contribution is -2.21. The Morgan fingerprint density at radius 2 is 1.29 bits per heavy atom. The fourth-order valence-electron chi connectivity index (χ4n) is 4.39. The summed E-state index contributed by atoms with van der Waals surface area (Å²) in [6.45, 7) is 6.38. The predicted molar refractivity (Wildman–Crippen MR) is 160 cm³/mol. The molecule has 38 heavy (non-hydrogen) atoms. The molecule has 0 saturated heterocycles. The lowest BCUT2D eigenvalue weighted by atomic mass is 10.1. The third kappa shape index (κ3) is 5.94. The van der Waals surface area contributed by atoms with Crippen molar-refractivity contribution in [2.75, 3.05) is 18.0 Å². The van der Waals surface area contributed by atoms with Crippen molar-refractivity contribution < 1.29 is 0 Å². The minimum absolute atomic E-state index is 0.924. The molecule has 5 rings (SSSR count). The quantitative estimate of drug-likeness (QED) is 0.215. The third-order valence-corrected chi connectivity index (χ3v) is 6.51. The van der Waals surface area contributed by atoms with Crippen LogP contribution in [0.4, 0.5) is 5.69 Å². The highest BCUT2D eigenvalue weighted by Crippen LogP contribution is 2.24. The van der Waals surface area contributed by atoms with Crippen LogP contribution in [0.3, 0.4) is 0 Å². The molecular formula is C35H31N3. The molecule has 3 heteroatoms. The van der Waals surface area contributed by atoms with Crippen LogP contribution in [-0.4, -0.2) is 22.9 Å². The number of anilines is 1. The highest BCUT2D eigenvalue weighted by molar-refractivity contribution is 5.73. The first-order valence-corrected chi connectivity index (χ1v) is 13.1. The largest absolute Gasteiger partial charge is 0.372 e. The van der Waals surface area contributed by atoms with Crippen molar-refractivity contribution >= 4 is 17.8 Å². The topological polar surface area (TPSA) is 21.1 Å². The Morgan fingerprint density at radius 1 is 0.684 bits per heavy atom. The van der Waals surface area contributed by atoms with Crippen LogP contribution >= 0.6 is 0 Å². The minimum atomic E-state index is 0.924. The monoisotopic (exact) mass is 493 g/mol. The molecule has 0 amide bonds. The molecule has 0 unspecified atom stereocenters. The summed E-state index contributed by atoms with van der Waals surface area (Å²) in [7, 11) is 0. The average molecular weight is 494 g/mol. The third-order valence-electron chi connectivity index (χ3n) is 6.51. The van der Waals surface area contributed by atoms with E-state index in [1.165, 1.54) is 5.69 Å². The van der Waals surface area contributed by atoms with E-state index in [1.54, 1.807) is 0 Å². The lowest BCUT2D eigenvalue weighted by Gasteiger charge is -2.20. The predicted octanol–water partition coefficient (Wildman–Crippen LogP) is 7.96. The zero-order valence-electron chi connectivity index (χ0n) is 21.9. The van der Waals surface area contributed by atoms with Crippen LogP contribution in [0, 0.1) is 11.8 Å². The van der Waals surface area contributed by atoms with Gasteiger partial charge in [-0.25, -0.2) is 4.68 Å². The molecule has 4 aromatic carbocycles. The molecule has 0 aliphatic carbocycles. The highest BCUT2D eigenvalue weighted by Gasteiger charge is 2.10. The number of hydrogen-bond donors (Lipinski definition) is 0. The summed E-state index contributed by atoms with van der Waals surface area (Å²) in [4.78, 5) is 2.35. The first-order chi connectivity index (χ1) is 18.7. The Hall–Kier alpha value is -4.81. The number of hydrogen-bond acceptors (Lipinski definition) is 2. The van der Waals surface area contributed by atoms with Crippen LogP contribution in [0.5, 0.6) is 0 Å². The molecule has 0 N–H and O–H groups in total. The summed E-state index contributed by atoms with van der Waals surface area (Å²) in [6.07, 6.45) is 4.28. The molecule has 0 aliphatic rings. The van der Waals surface area contributed by atoms with Gasteiger partial charge in [-0.05, 0) is 80.1 Å². The summed E-state index contributed by atoms with van der Waals surface area (Å²) < 4.78 is 2.00. The molecular weight excluding hydrogens is 462 g/mol. The van der Waals surface area contributed by atoms with E-state index in [1.807, 2.05) is 53.2 Å². The Balaban J connectivity index is 1.42. The van der Waals surface area contributed by atoms with Gasteiger partial charge in [0.15, 0.2) is 0 Å². The van der Waals surface area contributed by atoms with E-state index >= 15 is 0 Å². The smallest absolute Gasteiger partial charge is 0.0933 e. The van der Waals surface area contributed by atoms with Gasteiger partial charge in [0.2, 0.25) is 0 Å². The summed E-state index contributed by atoms with van der Waals surface area (Å²) in [5.74, 6) is 6.47. The number of benzene rings is 4. The van der Waals surface area contributed by atoms with E-state index in [4.69, 9.17) is 5.10 Å². The molecule has 0 bridgehead atoms. The van der Waals surface area contributed by atoms with Crippen molar-refractivity contribution in [3.8, 4) is 28.8 Å². The molecule has 0 fully saturated rings. The van der Waals surface area contributed by atoms with Crippen molar-refractivity contribution in [1.29, 1.82) is 0 Å². The standard InChI is InChI=1S/C35H31N3/c1-3-37(4-2)32-24-19-30(20-25-32)21-26-34-27-35(36-38(34)33-13-9-6-10-14-33)31-22-17-29(18-23-31)16-15-28-11-7-5-8-12-28/h5-14,17-27H,3-4H2,1-2H3. The molecule has 0 spiro atoms. The van der Waals surface area contributed by atoms with Crippen molar-refractivity contribution in [2.45, 2.75) is 13.8 Å². The molecule has 186 valence electrons. The lowest BCUT2D eigenvalue weighted by molar-refractivity contribution is 0.866. The minimum Gasteiger partial charge on any atom is -0.372 e. The van der Waals surface area contributed by atoms with Gasteiger partial charge in [-0.3, -0.25) is 0 Å². The van der Waals surface area contributed by atoms with Crippen molar-refractivity contribution in [3.63, 3.8) is 0 Å². The fraction of sp³-hybridized carbons (Fsp3) is 0.114. The van der Waals surface area contributed by atoms with Gasteiger partial charge in [-0.15, -0.1) is 0 Å². The Morgan fingerprint density at radius 3 is 1.92 bits per heavy atom. The first-order valence-electron chi connectivity index (χ1n) is 13.1. The maximum absolute atomic E-state index is 4.97. The number of nitrogens with zero attached hydrogens (tertiary/aromatic N) is 3. The van der Waals surface area contributed by atoms with Gasteiger partial charge >= 0.3 is 0 Å². The van der Waals surface area contributed by atoms with Crippen LogP contribution in [0.1, 0.15) is 36.2 Å². The molecule has 0 aliphatic heterocycles. The van der Waals surface area contributed by atoms with Crippen LogP contribution in [-0.2, 0) is 0 Å². The molecule has 3 nitrogen and oxygen atoms in total. The maximum atomic E-state index is 4.97. The van der Waals surface area contributed by atoms with Crippen LogP contribution in [0.25, 0.3) is 29.1 Å². The zero-order valence-corrected chi connectivity index (χ0v) is 21.9. The van der Waals surface area contributed by atoms with Crippen LogP contribution in [0.15, 0.2) is 115 Å². The van der Waals surface area contributed by atoms with E-state index in [2.05, 4.69) is 109 Å². The average Bonchev–Trinajstić information content (AvgIpc) is 3.42. The van der Waals surface area contributed by atoms with Gasteiger partial charge in [-0.1, -0.05) is 78.6 Å². The number of aromatic nitrogens is 2. The SMILES string of the molecule is CCN(CC)c1ccc(C=Cc2cc(-c3ccc(C#Cc4ccccc4)cc3)nn2-c2ccccc2)cc1. The highest BCUT2D eigenvalue weighted by atomic mass is 15.3. The van der Waals surface area contributed by atoms with Crippen LogP contribution in [0.2, 0.25) is 0 Å². The molecule has 5 aromatic rings. The van der Waals surface area contributed by atoms with Gasteiger partial charge in [0.25, 0.3) is 0 Å². The van der Waals surface area contributed by atoms with Gasteiger partial charge < -0.3 is 4.90 Å². The van der Waals surface area contributed by atoms with Gasteiger partial charge in [0.05, 0.1) is 17.1 Å². The second-order valence-electron chi connectivity index (χ2n) is 8.99. The molecule has 0 radical (unpaired) electrons. The van der Waals surface area contributed by atoms with Crippen molar-refractivity contribution in [1.82, 2.24) is 9.78 Å². The molecule has 0 atom stereocenters. The zero-order chi connectivity index (χ0) is 26.2.